The molecule has 0 aromatic heterocycles. The van der Waals surface area contributed by atoms with Crippen LogP contribution < -0.4 is 5.32 Å². The first-order chi connectivity index (χ1) is 9.22. The molecule has 0 spiro atoms. The summed E-state index contributed by atoms with van der Waals surface area (Å²) < 4.78 is 12.5. The highest BCUT2D eigenvalue weighted by molar-refractivity contribution is 5.66. The highest BCUT2D eigenvalue weighted by atomic mass is 19.1. The van der Waals surface area contributed by atoms with Crippen LogP contribution in [0.5, 0.6) is 5.75 Å². The molecule has 0 bridgehead atoms. The van der Waals surface area contributed by atoms with Crippen molar-refractivity contribution >= 4 is 5.69 Å². The molecule has 2 aromatic rings. The van der Waals surface area contributed by atoms with Crippen LogP contribution in [0, 0.1) is 0 Å². The van der Waals surface area contributed by atoms with Gasteiger partial charge in [-0.25, -0.2) is 4.39 Å². The van der Waals surface area contributed by atoms with E-state index in [-0.39, 0.29) is 12.4 Å². The van der Waals surface area contributed by atoms with E-state index in [0.717, 1.165) is 16.8 Å². The Bertz CT molecular complexity index is 507. The summed E-state index contributed by atoms with van der Waals surface area (Å²) in [6, 6.07) is 13.8. The lowest BCUT2D eigenvalue weighted by Crippen LogP contribution is -2.25. The molecule has 0 amide bonds. The quantitative estimate of drug-likeness (QED) is 0.775. The van der Waals surface area contributed by atoms with Gasteiger partial charge in [0.15, 0.2) is 0 Å². The third-order valence-electron chi connectivity index (χ3n) is 2.86. The molecule has 0 saturated heterocycles. The minimum atomic E-state index is -0.615. The molecule has 3 nitrogen and oxygen atoms in total. The van der Waals surface area contributed by atoms with Crippen LogP contribution in [-0.4, -0.2) is 29.5 Å². The normalized spacial score (nSPS) is 12.1. The van der Waals surface area contributed by atoms with Crippen molar-refractivity contribution in [2.24, 2.45) is 0 Å². The largest absolute Gasteiger partial charge is 0.508 e. The van der Waals surface area contributed by atoms with Gasteiger partial charge in [-0.05, 0) is 35.4 Å². The summed E-state index contributed by atoms with van der Waals surface area (Å²) in [5, 5.41) is 21.1. The van der Waals surface area contributed by atoms with Gasteiger partial charge in [-0.3, -0.25) is 0 Å². The van der Waals surface area contributed by atoms with Crippen molar-refractivity contribution in [2.45, 2.75) is 6.04 Å². The molecule has 0 fully saturated rings. The van der Waals surface area contributed by atoms with Crippen LogP contribution in [-0.2, 0) is 0 Å². The van der Waals surface area contributed by atoms with E-state index < -0.39 is 12.7 Å². The Morgan fingerprint density at radius 1 is 0.947 bits per heavy atom. The fraction of sp³-hybridized carbons (Fsp3) is 0.200. The van der Waals surface area contributed by atoms with Gasteiger partial charge in [0.1, 0.15) is 12.4 Å². The minimum Gasteiger partial charge on any atom is -0.508 e. The topological polar surface area (TPSA) is 52.5 Å². The number of phenolic OH excluding ortho intramolecular Hbond substituents is 1. The van der Waals surface area contributed by atoms with Gasteiger partial charge in [-0.15, -0.1) is 0 Å². The van der Waals surface area contributed by atoms with E-state index in [4.69, 9.17) is 5.11 Å². The van der Waals surface area contributed by atoms with E-state index in [2.05, 4.69) is 5.32 Å². The zero-order chi connectivity index (χ0) is 13.7. The number of alkyl halides is 1. The van der Waals surface area contributed by atoms with Gasteiger partial charge in [0, 0.05) is 5.69 Å². The second kappa shape index (κ2) is 6.20. The van der Waals surface area contributed by atoms with Crippen LogP contribution in [0.1, 0.15) is 0 Å². The smallest absolute Gasteiger partial charge is 0.115 e. The third kappa shape index (κ3) is 3.45. The molecule has 0 heterocycles. The number of benzene rings is 2. The molecule has 19 heavy (non-hydrogen) atoms. The molecule has 4 heteroatoms. The van der Waals surface area contributed by atoms with E-state index in [1.165, 1.54) is 0 Å². The molecule has 0 aliphatic rings. The summed E-state index contributed by atoms with van der Waals surface area (Å²) in [5.41, 5.74) is 2.76. The second-order valence-corrected chi connectivity index (χ2v) is 4.30. The lowest BCUT2D eigenvalue weighted by Gasteiger charge is -2.14. The first-order valence-electron chi connectivity index (χ1n) is 6.06. The Morgan fingerprint density at radius 3 is 1.95 bits per heavy atom. The summed E-state index contributed by atoms with van der Waals surface area (Å²) in [6.45, 7) is -0.855. The fourth-order valence-electron chi connectivity index (χ4n) is 1.78. The maximum absolute atomic E-state index is 12.5. The molecule has 1 unspecified atom stereocenters. The van der Waals surface area contributed by atoms with E-state index in [0.29, 0.717) is 0 Å². The number of nitrogens with one attached hydrogen (secondary N) is 1. The monoisotopic (exact) mass is 261 g/mol. The fourth-order valence-corrected chi connectivity index (χ4v) is 1.78. The van der Waals surface area contributed by atoms with Crippen LogP contribution in [0.4, 0.5) is 10.1 Å². The van der Waals surface area contributed by atoms with Gasteiger partial charge in [0.2, 0.25) is 0 Å². The van der Waals surface area contributed by atoms with Crippen LogP contribution in [0.25, 0.3) is 11.1 Å². The Hall–Kier alpha value is -2.07. The highest BCUT2D eigenvalue weighted by Crippen LogP contribution is 2.23. The predicted molar refractivity (Wildman–Crippen MR) is 74.0 cm³/mol. The number of hydrogen-bond donors (Lipinski definition) is 3. The van der Waals surface area contributed by atoms with Crippen molar-refractivity contribution in [3.8, 4) is 16.9 Å². The summed E-state index contributed by atoms with van der Waals surface area (Å²) >= 11 is 0. The molecule has 100 valence electrons. The number of aliphatic hydroxyl groups is 1. The number of rotatable bonds is 5. The summed E-state index contributed by atoms with van der Waals surface area (Å²) in [7, 11) is 0. The lowest BCUT2D eigenvalue weighted by molar-refractivity contribution is 0.252. The predicted octanol–water partition coefficient (Wildman–Crippen LogP) is 2.80. The van der Waals surface area contributed by atoms with Crippen molar-refractivity contribution in [3.63, 3.8) is 0 Å². The van der Waals surface area contributed by atoms with Crippen molar-refractivity contribution in [2.75, 3.05) is 18.6 Å². The van der Waals surface area contributed by atoms with Crippen LogP contribution in [0.15, 0.2) is 48.5 Å². The SMILES string of the molecule is OCC(CF)Nc1ccc(-c2ccc(O)cc2)cc1. The number of aromatic hydroxyl groups is 1. The van der Waals surface area contributed by atoms with E-state index in [9.17, 15) is 9.50 Å². The average Bonchev–Trinajstić information content (AvgIpc) is 2.46. The maximum atomic E-state index is 12.5. The highest BCUT2D eigenvalue weighted by Gasteiger charge is 2.06. The Kier molecular flexibility index (Phi) is 4.36. The van der Waals surface area contributed by atoms with Gasteiger partial charge in [0.05, 0.1) is 12.6 Å². The summed E-state index contributed by atoms with van der Waals surface area (Å²) in [6.07, 6.45) is 0. The van der Waals surface area contributed by atoms with E-state index in [1.54, 1.807) is 12.1 Å². The van der Waals surface area contributed by atoms with Gasteiger partial charge in [-0.2, -0.15) is 0 Å². The molecule has 0 radical (unpaired) electrons. The number of phenols is 1. The Morgan fingerprint density at radius 2 is 1.47 bits per heavy atom. The molecule has 2 rings (SSSR count). The molecular weight excluding hydrogens is 245 g/mol. The van der Waals surface area contributed by atoms with Crippen molar-refractivity contribution in [1.82, 2.24) is 0 Å². The molecule has 0 saturated carbocycles. The van der Waals surface area contributed by atoms with Crippen LogP contribution >= 0.6 is 0 Å². The second-order valence-electron chi connectivity index (χ2n) is 4.30. The van der Waals surface area contributed by atoms with Crippen LogP contribution in [0.2, 0.25) is 0 Å². The number of anilines is 1. The molecular formula is C15H16FNO2. The zero-order valence-corrected chi connectivity index (χ0v) is 10.4. The number of halogens is 1. The van der Waals surface area contributed by atoms with Crippen molar-refractivity contribution in [1.29, 1.82) is 0 Å². The van der Waals surface area contributed by atoms with Crippen molar-refractivity contribution in [3.05, 3.63) is 48.5 Å². The molecule has 1 atom stereocenters. The van der Waals surface area contributed by atoms with E-state index in [1.807, 2.05) is 36.4 Å². The minimum absolute atomic E-state index is 0.232. The van der Waals surface area contributed by atoms with Crippen molar-refractivity contribution < 1.29 is 14.6 Å². The van der Waals surface area contributed by atoms with Crippen LogP contribution in [0.3, 0.4) is 0 Å². The van der Waals surface area contributed by atoms with Gasteiger partial charge in [0.25, 0.3) is 0 Å². The number of hydrogen-bond acceptors (Lipinski definition) is 3. The standard InChI is InChI=1S/C15H16FNO2/c16-9-14(10-18)17-13-5-1-11(2-6-13)12-3-7-15(19)8-4-12/h1-8,14,17-19H,9-10H2. The third-order valence-corrected chi connectivity index (χ3v) is 2.86. The summed E-state index contributed by atoms with van der Waals surface area (Å²) in [5.74, 6) is 0.232. The van der Waals surface area contributed by atoms with E-state index >= 15 is 0 Å². The zero-order valence-electron chi connectivity index (χ0n) is 10.4. The molecule has 3 N–H and O–H groups in total. The molecule has 0 aliphatic heterocycles. The van der Waals surface area contributed by atoms with Gasteiger partial charge < -0.3 is 15.5 Å². The molecule has 0 aliphatic carbocycles. The molecule has 2 aromatic carbocycles. The Labute approximate surface area is 111 Å². The average molecular weight is 261 g/mol. The first-order valence-corrected chi connectivity index (χ1v) is 6.06. The Balaban J connectivity index is 2.12. The van der Waals surface area contributed by atoms with Gasteiger partial charge >= 0.3 is 0 Å². The lowest BCUT2D eigenvalue weighted by atomic mass is 10.1. The maximum Gasteiger partial charge on any atom is 0.115 e. The first kappa shape index (κ1) is 13.4. The summed E-state index contributed by atoms with van der Waals surface area (Å²) in [4.78, 5) is 0. The van der Waals surface area contributed by atoms with Gasteiger partial charge in [-0.1, -0.05) is 24.3 Å². The number of aliphatic hydroxyl groups excluding tert-OH is 1.